The number of benzene rings is 2. The molecule has 2 rings (SSSR count). The number of nitrogens with one attached hydrogen (secondary N) is 1. The molecule has 152 valence electrons. The van der Waals surface area contributed by atoms with Crippen LogP contribution in [-0.2, 0) is 19.6 Å². The molecule has 0 fully saturated rings. The second-order valence-corrected chi connectivity index (χ2v) is 8.43. The molecular weight excluding hydrogens is 381 g/mol. The molecule has 1 unspecified atom stereocenters. The molecule has 1 N–H and O–H groups in total. The highest BCUT2D eigenvalue weighted by atomic mass is 32.2. The van der Waals surface area contributed by atoms with Crippen LogP contribution in [-0.4, -0.2) is 21.5 Å². The average molecular weight is 408 g/mol. The first-order chi connectivity index (χ1) is 13.3. The van der Waals surface area contributed by atoms with Crippen LogP contribution in [0.15, 0.2) is 53.4 Å². The Balaban J connectivity index is 2.10. The van der Waals surface area contributed by atoms with Crippen molar-refractivity contribution >= 4 is 16.0 Å². The molecule has 2 aromatic rings. The molecule has 0 aliphatic carbocycles. The Labute approximate surface area is 166 Å². The minimum absolute atomic E-state index is 0.199. The van der Waals surface area contributed by atoms with Crippen LogP contribution in [0.2, 0.25) is 0 Å². The number of unbranched alkanes of at least 4 members (excludes halogenated alkanes) is 2. The minimum atomic E-state index is -3.72. The molecule has 7 heteroatoms. The van der Waals surface area contributed by atoms with Crippen LogP contribution in [0.4, 0.5) is 4.39 Å². The zero-order chi connectivity index (χ0) is 20.6. The molecule has 5 nitrogen and oxygen atoms in total. The standard InChI is InChI=1S/C21H26FNO4S/c1-16-7-6-8-19(15-16)28(25,26)23-20(17-11-13-18(22)14-12-17)9-4-3-5-10-21(24)27-2/h6-8,11-15,20,23H,3-5,9-10H2,1-2H3. The summed E-state index contributed by atoms with van der Waals surface area (Å²) >= 11 is 0. The van der Waals surface area contributed by atoms with Crippen LogP contribution in [0.5, 0.6) is 0 Å². The third-order valence-electron chi connectivity index (χ3n) is 4.47. The predicted molar refractivity (Wildman–Crippen MR) is 106 cm³/mol. The Bertz CT molecular complexity index is 882. The number of methoxy groups -OCH3 is 1. The van der Waals surface area contributed by atoms with Gasteiger partial charge in [0.25, 0.3) is 0 Å². The van der Waals surface area contributed by atoms with Crippen LogP contribution in [0.1, 0.15) is 49.3 Å². The van der Waals surface area contributed by atoms with Gasteiger partial charge in [-0.25, -0.2) is 17.5 Å². The van der Waals surface area contributed by atoms with Crippen molar-refractivity contribution in [3.63, 3.8) is 0 Å². The lowest BCUT2D eigenvalue weighted by atomic mass is 10.0. The molecule has 0 saturated carbocycles. The monoisotopic (exact) mass is 407 g/mol. The van der Waals surface area contributed by atoms with Crippen molar-refractivity contribution in [1.82, 2.24) is 4.72 Å². The molecule has 0 amide bonds. The van der Waals surface area contributed by atoms with Gasteiger partial charge in [0.1, 0.15) is 5.82 Å². The Morgan fingerprint density at radius 1 is 1.11 bits per heavy atom. The molecule has 0 spiro atoms. The summed E-state index contributed by atoms with van der Waals surface area (Å²) in [6, 6.07) is 12.0. The number of aryl methyl sites for hydroxylation is 1. The van der Waals surface area contributed by atoms with Gasteiger partial charge in [-0.1, -0.05) is 37.1 Å². The van der Waals surface area contributed by atoms with E-state index in [1.165, 1.54) is 19.2 Å². The van der Waals surface area contributed by atoms with Gasteiger partial charge in [0, 0.05) is 12.5 Å². The zero-order valence-corrected chi connectivity index (χ0v) is 17.0. The second kappa shape index (κ2) is 10.3. The van der Waals surface area contributed by atoms with Crippen LogP contribution < -0.4 is 4.72 Å². The van der Waals surface area contributed by atoms with E-state index in [9.17, 15) is 17.6 Å². The summed E-state index contributed by atoms with van der Waals surface area (Å²) in [4.78, 5) is 11.4. The highest BCUT2D eigenvalue weighted by Crippen LogP contribution is 2.24. The lowest BCUT2D eigenvalue weighted by Gasteiger charge is -2.19. The Kier molecular flexibility index (Phi) is 8.14. The summed E-state index contributed by atoms with van der Waals surface area (Å²) in [7, 11) is -2.36. The normalized spacial score (nSPS) is 12.5. The summed E-state index contributed by atoms with van der Waals surface area (Å²) in [5, 5.41) is 0. The van der Waals surface area contributed by atoms with Crippen molar-refractivity contribution in [2.75, 3.05) is 7.11 Å². The number of halogens is 1. The maximum Gasteiger partial charge on any atom is 0.305 e. The van der Waals surface area contributed by atoms with Crippen molar-refractivity contribution in [2.45, 2.75) is 50.0 Å². The molecule has 0 saturated heterocycles. The van der Waals surface area contributed by atoms with Crippen LogP contribution >= 0.6 is 0 Å². The van der Waals surface area contributed by atoms with E-state index in [2.05, 4.69) is 9.46 Å². The van der Waals surface area contributed by atoms with Crippen molar-refractivity contribution in [2.24, 2.45) is 0 Å². The van der Waals surface area contributed by atoms with Gasteiger partial charge in [0.2, 0.25) is 10.0 Å². The number of esters is 1. The fourth-order valence-electron chi connectivity index (χ4n) is 2.92. The predicted octanol–water partition coefficient (Wildman–Crippen LogP) is 4.28. The summed E-state index contributed by atoms with van der Waals surface area (Å²) < 4.78 is 46.2. The molecule has 0 aliphatic rings. The lowest BCUT2D eigenvalue weighted by molar-refractivity contribution is -0.140. The van der Waals surface area contributed by atoms with E-state index in [0.717, 1.165) is 18.4 Å². The lowest BCUT2D eigenvalue weighted by Crippen LogP contribution is -2.28. The highest BCUT2D eigenvalue weighted by Gasteiger charge is 2.21. The maximum absolute atomic E-state index is 13.3. The number of hydrogen-bond donors (Lipinski definition) is 1. The van der Waals surface area contributed by atoms with E-state index in [4.69, 9.17) is 0 Å². The topological polar surface area (TPSA) is 72.5 Å². The summed E-state index contributed by atoms with van der Waals surface area (Å²) in [6.07, 6.45) is 3.03. The Hall–Kier alpha value is -2.25. The van der Waals surface area contributed by atoms with Gasteiger partial charge in [-0.05, 0) is 55.2 Å². The molecule has 2 aromatic carbocycles. The number of carbonyl (C=O) groups excluding carboxylic acids is 1. The second-order valence-electron chi connectivity index (χ2n) is 6.72. The van der Waals surface area contributed by atoms with Gasteiger partial charge in [-0.3, -0.25) is 4.79 Å². The summed E-state index contributed by atoms with van der Waals surface area (Å²) in [5.41, 5.74) is 1.55. The van der Waals surface area contributed by atoms with Crippen molar-refractivity contribution in [3.05, 3.63) is 65.5 Å². The Morgan fingerprint density at radius 2 is 1.82 bits per heavy atom. The maximum atomic E-state index is 13.3. The fraction of sp³-hybridized carbons (Fsp3) is 0.381. The first-order valence-corrected chi connectivity index (χ1v) is 10.7. The Morgan fingerprint density at radius 3 is 2.46 bits per heavy atom. The van der Waals surface area contributed by atoms with Gasteiger partial charge < -0.3 is 4.74 Å². The van der Waals surface area contributed by atoms with Crippen molar-refractivity contribution < 1.29 is 22.3 Å². The van der Waals surface area contributed by atoms with Gasteiger partial charge in [-0.15, -0.1) is 0 Å². The molecule has 1 atom stereocenters. The molecule has 0 aromatic heterocycles. The van der Waals surface area contributed by atoms with Gasteiger partial charge in [-0.2, -0.15) is 0 Å². The largest absolute Gasteiger partial charge is 0.469 e. The zero-order valence-electron chi connectivity index (χ0n) is 16.2. The highest BCUT2D eigenvalue weighted by molar-refractivity contribution is 7.89. The molecule has 0 heterocycles. The number of ether oxygens (including phenoxy) is 1. The van der Waals surface area contributed by atoms with E-state index in [0.29, 0.717) is 24.8 Å². The molecule has 28 heavy (non-hydrogen) atoms. The molecule has 0 bridgehead atoms. The van der Waals surface area contributed by atoms with Crippen molar-refractivity contribution in [3.8, 4) is 0 Å². The van der Waals surface area contributed by atoms with Crippen molar-refractivity contribution in [1.29, 1.82) is 0 Å². The smallest absolute Gasteiger partial charge is 0.305 e. The number of sulfonamides is 1. The summed E-state index contributed by atoms with van der Waals surface area (Å²) in [5.74, 6) is -0.627. The quantitative estimate of drug-likeness (QED) is 0.471. The van der Waals surface area contributed by atoms with Crippen LogP contribution in [0.3, 0.4) is 0 Å². The van der Waals surface area contributed by atoms with E-state index in [-0.39, 0.29) is 16.7 Å². The fourth-order valence-corrected chi connectivity index (χ4v) is 4.29. The third-order valence-corrected chi connectivity index (χ3v) is 5.94. The first-order valence-electron chi connectivity index (χ1n) is 9.23. The SMILES string of the molecule is COC(=O)CCCCCC(NS(=O)(=O)c1cccc(C)c1)c1ccc(F)cc1. The number of rotatable bonds is 10. The number of hydrogen-bond acceptors (Lipinski definition) is 4. The van der Waals surface area contributed by atoms with E-state index in [1.807, 2.05) is 13.0 Å². The molecular formula is C21H26FNO4S. The van der Waals surface area contributed by atoms with Gasteiger partial charge >= 0.3 is 5.97 Å². The van der Waals surface area contributed by atoms with Gasteiger partial charge in [0.15, 0.2) is 0 Å². The number of carbonyl (C=O) groups is 1. The van der Waals surface area contributed by atoms with Gasteiger partial charge in [0.05, 0.1) is 12.0 Å². The third kappa shape index (κ3) is 6.73. The first kappa shape index (κ1) is 22.0. The minimum Gasteiger partial charge on any atom is -0.469 e. The van der Waals surface area contributed by atoms with Crippen LogP contribution in [0, 0.1) is 12.7 Å². The van der Waals surface area contributed by atoms with E-state index < -0.39 is 16.1 Å². The van der Waals surface area contributed by atoms with Crippen LogP contribution in [0.25, 0.3) is 0 Å². The molecule has 0 aliphatic heterocycles. The summed E-state index contributed by atoms with van der Waals surface area (Å²) in [6.45, 7) is 1.83. The molecule has 0 radical (unpaired) electrons. The van der Waals surface area contributed by atoms with E-state index in [1.54, 1.807) is 30.3 Å². The average Bonchev–Trinajstić information content (AvgIpc) is 2.67. The van der Waals surface area contributed by atoms with E-state index >= 15 is 0 Å².